The second-order valence-corrected chi connectivity index (χ2v) is 7.24. The Bertz CT molecular complexity index is 1050. The van der Waals surface area contributed by atoms with Gasteiger partial charge in [0.25, 0.3) is 11.8 Å². The topological polar surface area (TPSA) is 76.7 Å². The number of carbonyl (C=O) groups excluding carboxylic acids is 2. The molecule has 7 heteroatoms. The summed E-state index contributed by atoms with van der Waals surface area (Å²) in [6.07, 6.45) is -0.703. The molecule has 0 saturated heterocycles. The number of nitrogens with one attached hydrogen (secondary N) is 2. The minimum absolute atomic E-state index is 0.265. The number of halogens is 1. The van der Waals surface area contributed by atoms with Gasteiger partial charge in [0.2, 0.25) is 0 Å². The van der Waals surface area contributed by atoms with E-state index in [-0.39, 0.29) is 18.4 Å². The van der Waals surface area contributed by atoms with Crippen LogP contribution in [0.1, 0.15) is 22.8 Å². The number of ether oxygens (including phenoxy) is 2. The lowest BCUT2D eigenvalue weighted by atomic mass is 10.2. The molecule has 2 amide bonds. The molecule has 3 aromatic carbocycles. The van der Waals surface area contributed by atoms with E-state index in [9.17, 15) is 9.59 Å². The van der Waals surface area contributed by atoms with Crippen molar-refractivity contribution in [2.45, 2.75) is 19.6 Å². The maximum atomic E-state index is 12.6. The highest BCUT2D eigenvalue weighted by molar-refractivity contribution is 6.30. The molecule has 3 rings (SSSR count). The van der Waals surface area contributed by atoms with E-state index in [1.54, 1.807) is 62.6 Å². The van der Waals surface area contributed by atoms with E-state index in [1.807, 2.05) is 24.3 Å². The maximum absolute atomic E-state index is 12.6. The summed E-state index contributed by atoms with van der Waals surface area (Å²) in [6.45, 7) is 1.94. The molecule has 31 heavy (non-hydrogen) atoms. The van der Waals surface area contributed by atoms with E-state index in [0.717, 1.165) is 11.3 Å². The zero-order chi connectivity index (χ0) is 22.2. The van der Waals surface area contributed by atoms with Crippen molar-refractivity contribution in [2.75, 3.05) is 17.7 Å². The molecule has 2 N–H and O–H groups in total. The van der Waals surface area contributed by atoms with E-state index in [4.69, 9.17) is 21.1 Å². The van der Waals surface area contributed by atoms with Crippen LogP contribution in [0.4, 0.5) is 11.4 Å². The molecule has 1 atom stereocenters. The molecule has 0 radical (unpaired) electrons. The fourth-order valence-corrected chi connectivity index (χ4v) is 2.92. The van der Waals surface area contributed by atoms with Crippen molar-refractivity contribution in [3.63, 3.8) is 0 Å². The van der Waals surface area contributed by atoms with Crippen molar-refractivity contribution in [1.29, 1.82) is 0 Å². The summed E-state index contributed by atoms with van der Waals surface area (Å²) in [5.74, 6) is 0.0975. The Hall–Kier alpha value is -3.35. The van der Waals surface area contributed by atoms with Crippen LogP contribution in [0.15, 0.2) is 72.8 Å². The van der Waals surface area contributed by atoms with Crippen molar-refractivity contribution in [3.05, 3.63) is 88.9 Å². The van der Waals surface area contributed by atoms with Gasteiger partial charge in [-0.3, -0.25) is 9.59 Å². The van der Waals surface area contributed by atoms with Crippen molar-refractivity contribution < 1.29 is 19.1 Å². The summed E-state index contributed by atoms with van der Waals surface area (Å²) in [6, 6.07) is 21.0. The Morgan fingerprint density at radius 2 is 1.61 bits per heavy atom. The SMILES string of the molecule is COc1cccc(COC(C)C(=O)Nc2ccccc2NC(=O)c2ccc(Cl)cc2)c1. The predicted octanol–water partition coefficient (Wildman–Crippen LogP) is 5.14. The second kappa shape index (κ2) is 10.6. The summed E-state index contributed by atoms with van der Waals surface area (Å²) in [5.41, 5.74) is 2.32. The average molecular weight is 439 g/mol. The van der Waals surface area contributed by atoms with Gasteiger partial charge in [0, 0.05) is 10.6 Å². The molecule has 0 saturated carbocycles. The minimum atomic E-state index is -0.703. The number of carbonyl (C=O) groups is 2. The number of benzene rings is 3. The van der Waals surface area contributed by atoms with Crippen LogP contribution in [0.5, 0.6) is 5.75 Å². The molecule has 1 unspecified atom stereocenters. The van der Waals surface area contributed by atoms with Crippen LogP contribution in [-0.4, -0.2) is 25.0 Å². The fraction of sp³-hybridized carbons (Fsp3) is 0.167. The summed E-state index contributed by atoms with van der Waals surface area (Å²) in [5, 5.41) is 6.17. The summed E-state index contributed by atoms with van der Waals surface area (Å²) >= 11 is 5.87. The molecule has 160 valence electrons. The number of amides is 2. The van der Waals surface area contributed by atoms with Gasteiger partial charge in [-0.15, -0.1) is 0 Å². The van der Waals surface area contributed by atoms with E-state index >= 15 is 0 Å². The monoisotopic (exact) mass is 438 g/mol. The molecule has 0 aromatic heterocycles. The van der Waals surface area contributed by atoms with Crippen LogP contribution in [-0.2, 0) is 16.1 Å². The number of hydrogen-bond donors (Lipinski definition) is 2. The Kier molecular flexibility index (Phi) is 7.65. The van der Waals surface area contributed by atoms with Crippen LogP contribution in [0.25, 0.3) is 0 Å². The van der Waals surface area contributed by atoms with Gasteiger partial charge < -0.3 is 20.1 Å². The van der Waals surface area contributed by atoms with Gasteiger partial charge in [0.15, 0.2) is 0 Å². The number of anilines is 2. The molecule has 0 bridgehead atoms. The first-order valence-corrected chi connectivity index (χ1v) is 10.1. The number of para-hydroxylation sites is 2. The zero-order valence-corrected chi connectivity index (χ0v) is 18.0. The highest BCUT2D eigenvalue weighted by Crippen LogP contribution is 2.23. The first-order chi connectivity index (χ1) is 15.0. The van der Waals surface area contributed by atoms with Crippen LogP contribution < -0.4 is 15.4 Å². The van der Waals surface area contributed by atoms with Crippen LogP contribution in [0.2, 0.25) is 5.02 Å². The van der Waals surface area contributed by atoms with Crippen molar-refractivity contribution >= 4 is 34.8 Å². The van der Waals surface area contributed by atoms with Crippen LogP contribution >= 0.6 is 11.6 Å². The molecule has 0 aliphatic carbocycles. The average Bonchev–Trinajstić information content (AvgIpc) is 2.79. The molecular weight excluding hydrogens is 416 g/mol. The molecular formula is C24H23ClN2O4. The predicted molar refractivity (Wildman–Crippen MR) is 122 cm³/mol. The normalized spacial score (nSPS) is 11.5. The van der Waals surface area contributed by atoms with Gasteiger partial charge in [-0.1, -0.05) is 35.9 Å². The highest BCUT2D eigenvalue weighted by atomic mass is 35.5. The largest absolute Gasteiger partial charge is 0.497 e. The maximum Gasteiger partial charge on any atom is 0.255 e. The third-order valence-electron chi connectivity index (χ3n) is 4.54. The van der Waals surface area contributed by atoms with Gasteiger partial charge in [0.1, 0.15) is 11.9 Å². The smallest absolute Gasteiger partial charge is 0.255 e. The highest BCUT2D eigenvalue weighted by Gasteiger charge is 2.16. The first kappa shape index (κ1) is 22.3. The third kappa shape index (κ3) is 6.31. The Morgan fingerprint density at radius 1 is 0.935 bits per heavy atom. The summed E-state index contributed by atoms with van der Waals surface area (Å²) in [4.78, 5) is 25.1. The number of hydrogen-bond acceptors (Lipinski definition) is 4. The van der Waals surface area contributed by atoms with E-state index in [2.05, 4.69) is 10.6 Å². The number of methoxy groups -OCH3 is 1. The Balaban J connectivity index is 1.61. The number of rotatable bonds is 8. The van der Waals surface area contributed by atoms with E-state index in [0.29, 0.717) is 22.0 Å². The molecule has 3 aromatic rings. The molecule has 6 nitrogen and oxygen atoms in total. The lowest BCUT2D eigenvalue weighted by molar-refractivity contribution is -0.127. The van der Waals surface area contributed by atoms with Gasteiger partial charge in [0.05, 0.1) is 25.1 Å². The minimum Gasteiger partial charge on any atom is -0.497 e. The Morgan fingerprint density at radius 3 is 2.29 bits per heavy atom. The molecule has 0 aliphatic rings. The lowest BCUT2D eigenvalue weighted by Crippen LogP contribution is -2.28. The Labute approximate surface area is 186 Å². The van der Waals surface area contributed by atoms with Crippen molar-refractivity contribution in [1.82, 2.24) is 0 Å². The molecule has 0 heterocycles. The van der Waals surface area contributed by atoms with Crippen LogP contribution in [0.3, 0.4) is 0 Å². The van der Waals surface area contributed by atoms with Gasteiger partial charge >= 0.3 is 0 Å². The summed E-state index contributed by atoms with van der Waals surface area (Å²) < 4.78 is 10.9. The van der Waals surface area contributed by atoms with Gasteiger partial charge in [-0.25, -0.2) is 0 Å². The van der Waals surface area contributed by atoms with Gasteiger partial charge in [-0.2, -0.15) is 0 Å². The van der Waals surface area contributed by atoms with E-state index < -0.39 is 6.10 Å². The van der Waals surface area contributed by atoms with Gasteiger partial charge in [-0.05, 0) is 61.0 Å². The fourth-order valence-electron chi connectivity index (χ4n) is 2.79. The van der Waals surface area contributed by atoms with Crippen molar-refractivity contribution in [3.8, 4) is 5.75 Å². The van der Waals surface area contributed by atoms with Crippen molar-refractivity contribution in [2.24, 2.45) is 0 Å². The molecule has 0 aliphatic heterocycles. The zero-order valence-electron chi connectivity index (χ0n) is 17.2. The van der Waals surface area contributed by atoms with E-state index in [1.165, 1.54) is 0 Å². The molecule has 0 fully saturated rings. The quantitative estimate of drug-likeness (QED) is 0.510. The van der Waals surface area contributed by atoms with Crippen LogP contribution in [0, 0.1) is 0 Å². The standard InChI is InChI=1S/C24H23ClN2O4/c1-16(31-15-17-6-5-7-20(14-17)30-2)23(28)26-21-8-3-4-9-22(21)27-24(29)18-10-12-19(25)13-11-18/h3-14,16H,15H2,1-2H3,(H,26,28)(H,27,29). The molecule has 0 spiro atoms. The summed E-state index contributed by atoms with van der Waals surface area (Å²) in [7, 11) is 1.60. The third-order valence-corrected chi connectivity index (χ3v) is 4.79. The first-order valence-electron chi connectivity index (χ1n) is 9.67. The second-order valence-electron chi connectivity index (χ2n) is 6.80. The lowest BCUT2D eigenvalue weighted by Gasteiger charge is -2.16.